The molecule has 0 aliphatic carbocycles. The smallest absolute Gasteiger partial charge is 0.289 e. The van der Waals surface area contributed by atoms with Gasteiger partial charge in [-0.2, -0.15) is 0 Å². The predicted octanol–water partition coefficient (Wildman–Crippen LogP) is 4.06. The first kappa shape index (κ1) is 13.2. The molecular weight excluding hydrogens is 370 g/mol. The average Bonchev–Trinajstić information content (AvgIpc) is 2.74. The second-order valence-corrected chi connectivity index (χ2v) is 4.95. The molecule has 2 aromatic rings. The summed E-state index contributed by atoms with van der Waals surface area (Å²) >= 11 is 7.79. The van der Waals surface area contributed by atoms with Crippen molar-refractivity contribution in [3.05, 3.63) is 55.0 Å². The lowest BCUT2D eigenvalue weighted by atomic mass is 10.2. The standard InChI is InChI=1S/C11H8ClIN2O3/c12-9-3-1-7(5-10(9)15(16)17)14-6-8-2-4-11(13)18-8/h1-5,14H,6H2. The number of nitro groups is 1. The number of furan rings is 1. The van der Waals surface area contributed by atoms with Crippen molar-refractivity contribution in [3.8, 4) is 0 Å². The number of nitrogens with zero attached hydrogens (tertiary/aromatic N) is 1. The third-order valence-electron chi connectivity index (χ3n) is 2.24. The molecule has 5 nitrogen and oxygen atoms in total. The van der Waals surface area contributed by atoms with Gasteiger partial charge in [-0.25, -0.2) is 0 Å². The molecule has 7 heteroatoms. The predicted molar refractivity (Wildman–Crippen MR) is 76.9 cm³/mol. The van der Waals surface area contributed by atoms with Crippen molar-refractivity contribution in [3.63, 3.8) is 0 Å². The molecule has 1 aromatic carbocycles. The van der Waals surface area contributed by atoms with Gasteiger partial charge in [-0.3, -0.25) is 10.1 Å². The summed E-state index contributed by atoms with van der Waals surface area (Å²) in [7, 11) is 0. The van der Waals surface area contributed by atoms with Crippen molar-refractivity contribution in [2.45, 2.75) is 6.54 Å². The van der Waals surface area contributed by atoms with Crippen LogP contribution in [0.3, 0.4) is 0 Å². The topological polar surface area (TPSA) is 68.3 Å². The number of halogens is 2. The van der Waals surface area contributed by atoms with Crippen molar-refractivity contribution < 1.29 is 9.34 Å². The third kappa shape index (κ3) is 3.14. The Balaban J connectivity index is 2.10. The zero-order valence-electron chi connectivity index (χ0n) is 9.02. The van der Waals surface area contributed by atoms with Crippen LogP contribution in [0.5, 0.6) is 0 Å². The SMILES string of the molecule is O=[N+]([O-])c1cc(NCc2ccc(I)o2)ccc1Cl. The van der Waals surface area contributed by atoms with E-state index in [-0.39, 0.29) is 10.7 Å². The van der Waals surface area contributed by atoms with Crippen LogP contribution >= 0.6 is 34.2 Å². The molecule has 18 heavy (non-hydrogen) atoms. The quantitative estimate of drug-likeness (QED) is 0.495. The largest absolute Gasteiger partial charge is 0.454 e. The minimum absolute atomic E-state index is 0.115. The van der Waals surface area contributed by atoms with E-state index in [1.165, 1.54) is 12.1 Å². The summed E-state index contributed by atoms with van der Waals surface area (Å²) in [6.45, 7) is 0.460. The van der Waals surface area contributed by atoms with E-state index in [1.807, 2.05) is 12.1 Å². The molecule has 0 aliphatic heterocycles. The van der Waals surface area contributed by atoms with E-state index in [0.717, 1.165) is 9.53 Å². The fraction of sp³-hybridized carbons (Fsp3) is 0.0909. The minimum atomic E-state index is -0.511. The van der Waals surface area contributed by atoms with Gasteiger partial charge in [0.05, 0.1) is 11.5 Å². The number of hydrogen-bond donors (Lipinski definition) is 1. The van der Waals surface area contributed by atoms with Crippen LogP contribution in [0, 0.1) is 13.9 Å². The van der Waals surface area contributed by atoms with E-state index in [9.17, 15) is 10.1 Å². The Labute approximate surface area is 121 Å². The van der Waals surface area contributed by atoms with Gasteiger partial charge in [-0.15, -0.1) is 0 Å². The summed E-state index contributed by atoms with van der Waals surface area (Å²) in [6, 6.07) is 8.27. The first-order valence-corrected chi connectivity index (χ1v) is 6.44. The van der Waals surface area contributed by atoms with Crippen LogP contribution < -0.4 is 5.32 Å². The minimum Gasteiger partial charge on any atom is -0.454 e. The van der Waals surface area contributed by atoms with Gasteiger partial charge in [0.1, 0.15) is 10.8 Å². The van der Waals surface area contributed by atoms with Crippen molar-refractivity contribution >= 4 is 45.6 Å². The second-order valence-electron chi connectivity index (χ2n) is 3.48. The molecule has 94 valence electrons. The van der Waals surface area contributed by atoms with Crippen molar-refractivity contribution in [2.24, 2.45) is 0 Å². The molecule has 0 bridgehead atoms. The average molecular weight is 379 g/mol. The summed E-state index contributed by atoms with van der Waals surface area (Å²) in [5.74, 6) is 0.761. The Bertz CT molecular complexity index is 585. The van der Waals surface area contributed by atoms with Crippen LogP contribution in [-0.4, -0.2) is 4.92 Å². The Hall–Kier alpha value is -1.28. The van der Waals surface area contributed by atoms with Gasteiger partial charge < -0.3 is 9.73 Å². The molecule has 1 aromatic heterocycles. The fourth-order valence-electron chi connectivity index (χ4n) is 1.40. The third-order valence-corrected chi connectivity index (χ3v) is 3.14. The first-order valence-electron chi connectivity index (χ1n) is 4.98. The molecule has 0 fully saturated rings. The van der Waals surface area contributed by atoms with Crippen molar-refractivity contribution in [1.29, 1.82) is 0 Å². The maximum atomic E-state index is 10.7. The Morgan fingerprint density at radius 3 is 2.78 bits per heavy atom. The zero-order chi connectivity index (χ0) is 13.1. The van der Waals surface area contributed by atoms with E-state index in [0.29, 0.717) is 12.2 Å². The number of nitro benzene ring substituents is 1. The number of rotatable bonds is 4. The molecule has 0 saturated heterocycles. The summed E-state index contributed by atoms with van der Waals surface area (Å²) in [5, 5.41) is 13.9. The molecule has 1 N–H and O–H groups in total. The van der Waals surface area contributed by atoms with Gasteiger partial charge in [0.25, 0.3) is 5.69 Å². The summed E-state index contributed by atoms with van der Waals surface area (Å²) < 4.78 is 6.17. The fourth-order valence-corrected chi connectivity index (χ4v) is 2.05. The molecule has 2 rings (SSSR count). The Morgan fingerprint density at radius 2 is 2.17 bits per heavy atom. The molecule has 0 amide bonds. The number of benzene rings is 1. The molecule has 0 unspecified atom stereocenters. The Morgan fingerprint density at radius 1 is 1.39 bits per heavy atom. The maximum absolute atomic E-state index is 10.7. The van der Waals surface area contributed by atoms with E-state index >= 15 is 0 Å². The highest BCUT2D eigenvalue weighted by Crippen LogP contribution is 2.27. The molecule has 0 saturated carbocycles. The lowest BCUT2D eigenvalue weighted by Gasteiger charge is -2.04. The lowest BCUT2D eigenvalue weighted by molar-refractivity contribution is -0.384. The first-order chi connectivity index (χ1) is 8.56. The maximum Gasteiger partial charge on any atom is 0.289 e. The summed E-state index contributed by atoms with van der Waals surface area (Å²) in [5.41, 5.74) is 0.508. The highest BCUT2D eigenvalue weighted by atomic mass is 127. The highest BCUT2D eigenvalue weighted by Gasteiger charge is 2.12. The molecule has 0 radical (unpaired) electrons. The van der Waals surface area contributed by atoms with Gasteiger partial charge in [0.15, 0.2) is 3.77 Å². The molecule has 0 aliphatic rings. The molecule has 0 spiro atoms. The van der Waals surface area contributed by atoms with Crippen LogP contribution in [0.15, 0.2) is 34.7 Å². The van der Waals surface area contributed by atoms with Gasteiger partial charge in [0, 0.05) is 11.8 Å². The summed E-state index contributed by atoms with van der Waals surface area (Å²) in [4.78, 5) is 10.2. The van der Waals surface area contributed by atoms with Crippen LogP contribution in [-0.2, 0) is 6.54 Å². The van der Waals surface area contributed by atoms with Gasteiger partial charge in [0.2, 0.25) is 0 Å². The van der Waals surface area contributed by atoms with Crippen molar-refractivity contribution in [1.82, 2.24) is 0 Å². The van der Waals surface area contributed by atoms with Crippen LogP contribution in [0.25, 0.3) is 0 Å². The highest BCUT2D eigenvalue weighted by molar-refractivity contribution is 14.1. The number of anilines is 1. The van der Waals surface area contributed by atoms with E-state index < -0.39 is 4.92 Å². The van der Waals surface area contributed by atoms with Crippen molar-refractivity contribution in [2.75, 3.05) is 5.32 Å². The van der Waals surface area contributed by atoms with E-state index in [4.69, 9.17) is 16.0 Å². The van der Waals surface area contributed by atoms with Gasteiger partial charge >= 0.3 is 0 Å². The van der Waals surface area contributed by atoms with Gasteiger partial charge in [-0.05, 0) is 46.9 Å². The van der Waals surface area contributed by atoms with E-state index in [1.54, 1.807) is 6.07 Å². The molecule has 1 heterocycles. The Kier molecular flexibility index (Phi) is 4.07. The normalized spacial score (nSPS) is 10.3. The van der Waals surface area contributed by atoms with Crippen LogP contribution in [0.2, 0.25) is 5.02 Å². The number of nitrogens with one attached hydrogen (secondary N) is 1. The van der Waals surface area contributed by atoms with Crippen LogP contribution in [0.1, 0.15) is 5.76 Å². The summed E-state index contributed by atoms with van der Waals surface area (Å²) in [6.07, 6.45) is 0. The van der Waals surface area contributed by atoms with Crippen LogP contribution in [0.4, 0.5) is 11.4 Å². The second kappa shape index (κ2) is 5.57. The zero-order valence-corrected chi connectivity index (χ0v) is 11.9. The van der Waals surface area contributed by atoms with Gasteiger partial charge in [-0.1, -0.05) is 11.6 Å². The lowest BCUT2D eigenvalue weighted by Crippen LogP contribution is -1.99. The molecule has 0 atom stereocenters. The molecular formula is C11H8ClIN2O3. The monoisotopic (exact) mass is 378 g/mol. The van der Waals surface area contributed by atoms with E-state index in [2.05, 4.69) is 27.9 Å². The number of hydrogen-bond acceptors (Lipinski definition) is 4.